The highest BCUT2D eigenvalue weighted by molar-refractivity contribution is 5.06. The fourth-order valence-electron chi connectivity index (χ4n) is 2.88. The van der Waals surface area contributed by atoms with Crippen LogP contribution in [0.2, 0.25) is 0 Å². The smallest absolute Gasteiger partial charge is 0.223 e. The van der Waals surface area contributed by atoms with Gasteiger partial charge in [-0.2, -0.15) is 4.98 Å². The molecular weight excluding hydrogens is 303 g/mol. The molecule has 0 amide bonds. The number of furan rings is 1. The molecule has 0 unspecified atom stereocenters. The first-order chi connectivity index (χ1) is 11.1. The summed E-state index contributed by atoms with van der Waals surface area (Å²) in [5.41, 5.74) is 0. The number of hydrogen-bond acceptors (Lipinski definition) is 7. The van der Waals surface area contributed by atoms with Gasteiger partial charge in [-0.3, -0.25) is 4.90 Å². The van der Waals surface area contributed by atoms with Crippen LogP contribution in [0.5, 0.6) is 0 Å². The van der Waals surface area contributed by atoms with E-state index >= 15 is 0 Å². The van der Waals surface area contributed by atoms with Gasteiger partial charge in [-0.15, -0.1) is 0 Å². The van der Waals surface area contributed by atoms with Gasteiger partial charge in [0.1, 0.15) is 24.3 Å². The minimum atomic E-state index is -0.834. The Hall–Kier alpha value is -1.77. The molecule has 1 aliphatic rings. The molecule has 0 spiro atoms. The molecule has 8 heteroatoms. The molecule has 0 saturated carbocycles. The van der Waals surface area contributed by atoms with Crippen molar-refractivity contribution in [2.75, 3.05) is 13.1 Å². The SMILES string of the molecule is Cc1nc(CN2C[C@@H](F)C[C@H]2CNCc2ccc(CO)o2)no1. The van der Waals surface area contributed by atoms with Crippen molar-refractivity contribution in [3.05, 3.63) is 35.4 Å². The molecule has 3 heterocycles. The van der Waals surface area contributed by atoms with Gasteiger partial charge in [-0.1, -0.05) is 5.16 Å². The highest BCUT2D eigenvalue weighted by Gasteiger charge is 2.32. The molecule has 126 valence electrons. The first-order valence-corrected chi connectivity index (χ1v) is 7.70. The summed E-state index contributed by atoms with van der Waals surface area (Å²) < 4.78 is 24.1. The predicted molar refractivity (Wildman–Crippen MR) is 79.1 cm³/mol. The van der Waals surface area contributed by atoms with Crippen molar-refractivity contribution in [2.45, 2.75) is 45.3 Å². The molecule has 2 aromatic rings. The van der Waals surface area contributed by atoms with E-state index in [1.807, 2.05) is 11.0 Å². The number of alkyl halides is 1. The molecular formula is C15H21FN4O3. The number of aliphatic hydroxyl groups is 1. The first kappa shape index (κ1) is 16.1. The Kier molecular flexibility index (Phi) is 5.04. The number of halogens is 1. The number of aryl methyl sites for hydroxylation is 1. The Bertz CT molecular complexity index is 630. The van der Waals surface area contributed by atoms with Crippen molar-refractivity contribution in [1.82, 2.24) is 20.4 Å². The summed E-state index contributed by atoms with van der Waals surface area (Å²) in [5.74, 6) is 2.40. The van der Waals surface area contributed by atoms with Crippen LogP contribution in [0.25, 0.3) is 0 Å². The second kappa shape index (κ2) is 7.20. The summed E-state index contributed by atoms with van der Waals surface area (Å²) in [4.78, 5) is 6.20. The monoisotopic (exact) mass is 324 g/mol. The molecule has 0 aromatic carbocycles. The highest BCUT2D eigenvalue weighted by atomic mass is 19.1. The van der Waals surface area contributed by atoms with Crippen molar-refractivity contribution in [3.8, 4) is 0 Å². The molecule has 23 heavy (non-hydrogen) atoms. The Morgan fingerprint density at radius 1 is 1.43 bits per heavy atom. The zero-order chi connectivity index (χ0) is 16.2. The van der Waals surface area contributed by atoms with Crippen LogP contribution in [-0.2, 0) is 19.7 Å². The van der Waals surface area contributed by atoms with Crippen LogP contribution in [0.3, 0.4) is 0 Å². The van der Waals surface area contributed by atoms with Crippen molar-refractivity contribution in [1.29, 1.82) is 0 Å². The van der Waals surface area contributed by atoms with E-state index in [4.69, 9.17) is 14.0 Å². The largest absolute Gasteiger partial charge is 0.462 e. The number of rotatable bonds is 7. The molecule has 0 aliphatic carbocycles. The predicted octanol–water partition coefficient (Wildman–Crippen LogP) is 1.17. The van der Waals surface area contributed by atoms with Crippen LogP contribution >= 0.6 is 0 Å². The Morgan fingerprint density at radius 2 is 2.26 bits per heavy atom. The average molecular weight is 324 g/mol. The van der Waals surface area contributed by atoms with E-state index in [-0.39, 0.29) is 12.6 Å². The van der Waals surface area contributed by atoms with Crippen molar-refractivity contribution < 1.29 is 18.4 Å². The van der Waals surface area contributed by atoms with E-state index in [9.17, 15) is 4.39 Å². The van der Waals surface area contributed by atoms with Crippen LogP contribution in [0, 0.1) is 6.92 Å². The molecule has 7 nitrogen and oxygen atoms in total. The maximum absolute atomic E-state index is 13.8. The fourth-order valence-corrected chi connectivity index (χ4v) is 2.88. The number of aliphatic hydroxyl groups excluding tert-OH is 1. The summed E-state index contributed by atoms with van der Waals surface area (Å²) in [7, 11) is 0. The average Bonchev–Trinajstić information content (AvgIpc) is 3.21. The van der Waals surface area contributed by atoms with E-state index < -0.39 is 6.17 Å². The summed E-state index contributed by atoms with van der Waals surface area (Å²) in [6.45, 7) is 3.69. The highest BCUT2D eigenvalue weighted by Crippen LogP contribution is 2.21. The Morgan fingerprint density at radius 3 is 2.96 bits per heavy atom. The number of likely N-dealkylation sites (tertiary alicyclic amines) is 1. The normalized spacial score (nSPS) is 22.0. The van der Waals surface area contributed by atoms with E-state index in [1.165, 1.54) is 0 Å². The van der Waals surface area contributed by atoms with Crippen LogP contribution in [0.4, 0.5) is 4.39 Å². The van der Waals surface area contributed by atoms with Gasteiger partial charge in [-0.25, -0.2) is 4.39 Å². The number of aromatic nitrogens is 2. The molecule has 2 aromatic heterocycles. The Labute approximate surface area is 133 Å². The first-order valence-electron chi connectivity index (χ1n) is 7.70. The lowest BCUT2D eigenvalue weighted by Crippen LogP contribution is -2.37. The zero-order valence-corrected chi connectivity index (χ0v) is 13.0. The summed E-state index contributed by atoms with van der Waals surface area (Å²) in [6, 6.07) is 3.65. The minimum Gasteiger partial charge on any atom is -0.462 e. The van der Waals surface area contributed by atoms with Gasteiger partial charge in [0.05, 0.1) is 13.1 Å². The standard InChI is InChI=1S/C15H21FN4O3/c1-10-18-15(19-23-10)8-20-7-11(16)4-12(20)5-17-6-13-2-3-14(9-21)22-13/h2-3,11-12,17,21H,4-9H2,1H3/t11-,12-/m0/s1. The fraction of sp³-hybridized carbons (Fsp3) is 0.600. The molecule has 1 aliphatic heterocycles. The molecule has 2 atom stereocenters. The van der Waals surface area contributed by atoms with Crippen LogP contribution in [0.1, 0.15) is 29.7 Å². The van der Waals surface area contributed by atoms with E-state index in [1.54, 1.807) is 13.0 Å². The maximum Gasteiger partial charge on any atom is 0.223 e. The lowest BCUT2D eigenvalue weighted by Gasteiger charge is -2.22. The number of hydrogen-bond donors (Lipinski definition) is 2. The molecule has 1 saturated heterocycles. The second-order valence-electron chi connectivity index (χ2n) is 5.80. The minimum absolute atomic E-state index is 0.0797. The summed E-state index contributed by atoms with van der Waals surface area (Å²) in [6.07, 6.45) is -0.344. The molecule has 1 fully saturated rings. The van der Waals surface area contributed by atoms with Gasteiger partial charge in [0.2, 0.25) is 5.89 Å². The van der Waals surface area contributed by atoms with Gasteiger partial charge in [-0.05, 0) is 18.6 Å². The lowest BCUT2D eigenvalue weighted by molar-refractivity contribution is 0.219. The van der Waals surface area contributed by atoms with Crippen LogP contribution < -0.4 is 5.32 Å². The third-order valence-electron chi connectivity index (χ3n) is 3.94. The third kappa shape index (κ3) is 4.15. The second-order valence-corrected chi connectivity index (χ2v) is 5.80. The van der Waals surface area contributed by atoms with Gasteiger partial charge in [0.15, 0.2) is 5.82 Å². The van der Waals surface area contributed by atoms with Crippen LogP contribution in [-0.4, -0.2) is 45.5 Å². The molecule has 2 N–H and O–H groups in total. The van der Waals surface area contributed by atoms with E-state index in [2.05, 4.69) is 15.5 Å². The molecule has 0 bridgehead atoms. The van der Waals surface area contributed by atoms with Crippen molar-refractivity contribution in [2.24, 2.45) is 0 Å². The van der Waals surface area contributed by atoms with Gasteiger partial charge < -0.3 is 19.4 Å². The van der Waals surface area contributed by atoms with E-state index in [0.29, 0.717) is 50.1 Å². The van der Waals surface area contributed by atoms with Gasteiger partial charge >= 0.3 is 0 Å². The zero-order valence-electron chi connectivity index (χ0n) is 13.0. The van der Waals surface area contributed by atoms with E-state index in [0.717, 1.165) is 5.76 Å². The Balaban J connectivity index is 1.50. The molecule has 0 radical (unpaired) electrons. The van der Waals surface area contributed by atoms with Crippen molar-refractivity contribution in [3.63, 3.8) is 0 Å². The van der Waals surface area contributed by atoms with Gasteiger partial charge in [0, 0.05) is 26.1 Å². The topological polar surface area (TPSA) is 87.6 Å². The van der Waals surface area contributed by atoms with Crippen LogP contribution in [0.15, 0.2) is 21.1 Å². The summed E-state index contributed by atoms with van der Waals surface area (Å²) in [5, 5.41) is 16.1. The van der Waals surface area contributed by atoms with Crippen molar-refractivity contribution >= 4 is 0 Å². The molecule has 3 rings (SSSR count). The number of nitrogens with one attached hydrogen (secondary N) is 1. The number of nitrogens with zero attached hydrogens (tertiary/aromatic N) is 3. The maximum atomic E-state index is 13.8. The quantitative estimate of drug-likeness (QED) is 0.790. The van der Waals surface area contributed by atoms with Gasteiger partial charge in [0.25, 0.3) is 0 Å². The summed E-state index contributed by atoms with van der Waals surface area (Å²) >= 11 is 0. The lowest BCUT2D eigenvalue weighted by atomic mass is 10.2. The third-order valence-corrected chi connectivity index (χ3v) is 3.94.